The summed E-state index contributed by atoms with van der Waals surface area (Å²) in [6.45, 7) is 6.15. The highest BCUT2D eigenvalue weighted by atomic mass is 16.6. The molecule has 0 aliphatic rings. The lowest BCUT2D eigenvalue weighted by atomic mass is 10.1. The van der Waals surface area contributed by atoms with E-state index in [0.717, 1.165) is 109 Å². The summed E-state index contributed by atoms with van der Waals surface area (Å²) in [5.74, 6) is -1.07. The first kappa shape index (κ1) is 61.3. The van der Waals surface area contributed by atoms with Gasteiger partial charge in [0, 0.05) is 19.3 Å². The topological polar surface area (TPSA) is 78.9 Å². The molecule has 0 aromatic heterocycles. The zero-order valence-electron chi connectivity index (χ0n) is 41.9. The zero-order chi connectivity index (χ0) is 47.9. The van der Waals surface area contributed by atoms with E-state index < -0.39 is 12.1 Å². The van der Waals surface area contributed by atoms with Gasteiger partial charge in [0.25, 0.3) is 0 Å². The maximum atomic E-state index is 12.8. The molecule has 0 saturated carbocycles. The Morgan fingerprint density at radius 3 is 1.11 bits per heavy atom. The number of carbonyl (C=O) groups excluding carboxylic acids is 3. The Hall–Kier alpha value is -4.71. The fourth-order valence-electron chi connectivity index (χ4n) is 6.40. The van der Waals surface area contributed by atoms with E-state index >= 15 is 0 Å². The van der Waals surface area contributed by atoms with Crippen molar-refractivity contribution in [1.82, 2.24) is 0 Å². The number of hydrogen-bond acceptors (Lipinski definition) is 6. The minimum absolute atomic E-state index is 0.130. The fourth-order valence-corrected chi connectivity index (χ4v) is 6.40. The first-order chi connectivity index (χ1) is 32.5. The second-order valence-electron chi connectivity index (χ2n) is 16.4. The summed E-state index contributed by atoms with van der Waals surface area (Å²) in [4.78, 5) is 38.0. The minimum Gasteiger partial charge on any atom is -0.462 e. The van der Waals surface area contributed by atoms with Gasteiger partial charge in [-0.3, -0.25) is 14.4 Å². The molecule has 0 aliphatic heterocycles. The lowest BCUT2D eigenvalue weighted by molar-refractivity contribution is -0.166. The second-order valence-corrected chi connectivity index (χ2v) is 16.4. The molecular weight excluding hydrogens is 817 g/mol. The van der Waals surface area contributed by atoms with Crippen LogP contribution in [0.3, 0.4) is 0 Å². The smallest absolute Gasteiger partial charge is 0.306 e. The molecule has 0 saturated heterocycles. The van der Waals surface area contributed by atoms with Crippen molar-refractivity contribution in [2.45, 2.75) is 200 Å². The highest BCUT2D eigenvalue weighted by molar-refractivity contribution is 5.71. The maximum absolute atomic E-state index is 12.8. The molecule has 0 amide bonds. The monoisotopic (exact) mass is 909 g/mol. The second kappa shape index (κ2) is 52.9. The predicted octanol–water partition coefficient (Wildman–Crippen LogP) is 17.3. The molecule has 0 N–H and O–H groups in total. The summed E-state index contributed by atoms with van der Waals surface area (Å²) < 4.78 is 16.7. The molecule has 0 aliphatic carbocycles. The van der Waals surface area contributed by atoms with Crippen molar-refractivity contribution >= 4 is 17.9 Å². The first-order valence-electron chi connectivity index (χ1n) is 25.9. The van der Waals surface area contributed by atoms with E-state index in [1.54, 1.807) is 0 Å². The van der Waals surface area contributed by atoms with E-state index in [9.17, 15) is 14.4 Å². The molecule has 0 aromatic carbocycles. The van der Waals surface area contributed by atoms with Crippen LogP contribution in [-0.2, 0) is 28.6 Å². The standard InChI is InChI=1S/C60H92O6/c1-4-7-10-13-16-19-22-25-27-29-30-31-33-35-38-41-44-47-50-53-59(62)65-56-57(55-64-58(61)52-49-46-43-40-37-34-24-21-18-15-12-9-6-3)66-60(63)54-51-48-45-42-39-36-32-28-26-23-20-17-14-11-8-5-2/h7-12,15-21,24-28,34,36-37,39,45,48,57H,4-6,13-14,22-23,29-33,35,38,40-44,46-47,49-56H2,1-3H3/b10-7+,11-8+,12-9+,18-15+,19-16+,20-17+,24-21+,27-25+,28-26+,37-34+,39-36+,48-45+. The molecule has 1 atom stereocenters. The summed E-state index contributed by atoms with van der Waals surface area (Å²) in [5.41, 5.74) is 0. The van der Waals surface area contributed by atoms with E-state index in [4.69, 9.17) is 14.2 Å². The third kappa shape index (κ3) is 50.3. The molecule has 0 heterocycles. The van der Waals surface area contributed by atoms with Gasteiger partial charge in [-0.2, -0.15) is 0 Å². The summed E-state index contributed by atoms with van der Waals surface area (Å²) in [7, 11) is 0. The Morgan fingerprint density at radius 2 is 0.652 bits per heavy atom. The van der Waals surface area contributed by atoms with Gasteiger partial charge >= 0.3 is 17.9 Å². The number of rotatable bonds is 44. The third-order valence-corrected chi connectivity index (χ3v) is 10.2. The number of ether oxygens (including phenoxy) is 3. The molecule has 6 nitrogen and oxygen atoms in total. The average molecular weight is 909 g/mol. The Labute approximate surface area is 404 Å². The van der Waals surface area contributed by atoms with E-state index in [2.05, 4.69) is 118 Å². The van der Waals surface area contributed by atoms with Gasteiger partial charge < -0.3 is 14.2 Å². The Balaban J connectivity index is 4.55. The lowest BCUT2D eigenvalue weighted by Gasteiger charge is -2.18. The number of hydrogen-bond donors (Lipinski definition) is 0. The van der Waals surface area contributed by atoms with Crippen molar-refractivity contribution in [2.75, 3.05) is 13.2 Å². The van der Waals surface area contributed by atoms with Gasteiger partial charge in [-0.25, -0.2) is 0 Å². The third-order valence-electron chi connectivity index (χ3n) is 10.2. The normalized spacial score (nSPS) is 13.3. The van der Waals surface area contributed by atoms with Crippen LogP contribution in [0, 0.1) is 0 Å². The van der Waals surface area contributed by atoms with Gasteiger partial charge in [-0.05, 0) is 103 Å². The molecule has 0 fully saturated rings. The van der Waals surface area contributed by atoms with Crippen LogP contribution >= 0.6 is 0 Å². The molecule has 0 spiro atoms. The van der Waals surface area contributed by atoms with Crippen molar-refractivity contribution < 1.29 is 28.6 Å². The van der Waals surface area contributed by atoms with Gasteiger partial charge in [0.05, 0.1) is 0 Å². The van der Waals surface area contributed by atoms with Crippen LogP contribution in [-0.4, -0.2) is 37.2 Å². The van der Waals surface area contributed by atoms with Crippen molar-refractivity contribution in [3.05, 3.63) is 146 Å². The largest absolute Gasteiger partial charge is 0.462 e. The Kier molecular flexibility index (Phi) is 49.1. The maximum Gasteiger partial charge on any atom is 0.306 e. The first-order valence-corrected chi connectivity index (χ1v) is 25.9. The van der Waals surface area contributed by atoms with Gasteiger partial charge in [0.1, 0.15) is 13.2 Å². The summed E-state index contributed by atoms with van der Waals surface area (Å²) in [6, 6.07) is 0. The van der Waals surface area contributed by atoms with Crippen LogP contribution < -0.4 is 0 Å². The molecule has 0 rings (SSSR count). The molecule has 6 heteroatoms. The lowest BCUT2D eigenvalue weighted by Crippen LogP contribution is -2.30. The number of allylic oxidation sites excluding steroid dienone is 24. The van der Waals surface area contributed by atoms with Crippen LogP contribution in [0.2, 0.25) is 0 Å². The van der Waals surface area contributed by atoms with Crippen LogP contribution in [0.5, 0.6) is 0 Å². The Bertz CT molecular complexity index is 1510. The van der Waals surface area contributed by atoms with E-state index in [-0.39, 0.29) is 38.0 Å². The highest BCUT2D eigenvalue weighted by Gasteiger charge is 2.19. The molecule has 0 bridgehead atoms. The molecular formula is C60H92O6. The van der Waals surface area contributed by atoms with Gasteiger partial charge in [-0.15, -0.1) is 0 Å². The van der Waals surface area contributed by atoms with E-state index in [1.807, 2.05) is 48.6 Å². The summed E-state index contributed by atoms with van der Waals surface area (Å²) in [5, 5.41) is 0. The van der Waals surface area contributed by atoms with Gasteiger partial charge in [0.15, 0.2) is 6.10 Å². The summed E-state index contributed by atoms with van der Waals surface area (Å²) >= 11 is 0. The zero-order valence-corrected chi connectivity index (χ0v) is 41.9. The molecule has 66 heavy (non-hydrogen) atoms. The van der Waals surface area contributed by atoms with Crippen molar-refractivity contribution in [3.63, 3.8) is 0 Å². The van der Waals surface area contributed by atoms with Crippen LogP contribution in [0.15, 0.2) is 146 Å². The highest BCUT2D eigenvalue weighted by Crippen LogP contribution is 2.13. The minimum atomic E-state index is -0.842. The van der Waals surface area contributed by atoms with Crippen molar-refractivity contribution in [2.24, 2.45) is 0 Å². The van der Waals surface area contributed by atoms with E-state index in [1.165, 1.54) is 38.5 Å². The van der Waals surface area contributed by atoms with E-state index in [0.29, 0.717) is 12.8 Å². The van der Waals surface area contributed by atoms with Gasteiger partial charge in [-0.1, -0.05) is 218 Å². The average Bonchev–Trinajstić information content (AvgIpc) is 3.31. The van der Waals surface area contributed by atoms with Crippen LogP contribution in [0.25, 0.3) is 0 Å². The number of carbonyl (C=O) groups is 3. The van der Waals surface area contributed by atoms with Crippen LogP contribution in [0.1, 0.15) is 194 Å². The van der Waals surface area contributed by atoms with Gasteiger partial charge in [0.2, 0.25) is 0 Å². The molecule has 368 valence electrons. The molecule has 0 aromatic rings. The molecule has 1 unspecified atom stereocenters. The number of esters is 3. The fraction of sp³-hybridized carbons (Fsp3) is 0.550. The van der Waals surface area contributed by atoms with Crippen LogP contribution in [0.4, 0.5) is 0 Å². The Morgan fingerprint density at radius 1 is 0.318 bits per heavy atom. The molecule has 0 radical (unpaired) electrons. The summed E-state index contributed by atoms with van der Waals surface area (Å²) in [6.07, 6.45) is 75.6. The van der Waals surface area contributed by atoms with Crippen molar-refractivity contribution in [3.8, 4) is 0 Å². The quantitative estimate of drug-likeness (QED) is 0.0199. The van der Waals surface area contributed by atoms with Crippen molar-refractivity contribution in [1.29, 1.82) is 0 Å². The number of unbranched alkanes of at least 4 members (excludes halogenated alkanes) is 12. The predicted molar refractivity (Wildman–Crippen MR) is 283 cm³/mol. The SMILES string of the molecule is CC/C=C/C=C/C=C/C=C/CCCCCC(=O)OCC(COC(=O)CCCCCCCCCCC/C=C/C/C=C/C/C=C/CC)OC(=O)CC/C=C/C/C=C/C/C=C/C/C=C/C/C=C/CC.